The van der Waals surface area contributed by atoms with Crippen LogP contribution in [0.4, 0.5) is 0 Å². The Morgan fingerprint density at radius 1 is 1.42 bits per heavy atom. The molecule has 1 heterocycles. The molecule has 7 heteroatoms. The maximum atomic E-state index is 11.9. The quantitative estimate of drug-likeness (QED) is 0.850. The van der Waals surface area contributed by atoms with E-state index in [0.717, 1.165) is 8.95 Å². The van der Waals surface area contributed by atoms with E-state index in [0.29, 0.717) is 18.8 Å². The molecule has 0 radical (unpaired) electrons. The van der Waals surface area contributed by atoms with Crippen LogP contribution in [0.15, 0.2) is 27.1 Å². The summed E-state index contributed by atoms with van der Waals surface area (Å²) in [5.41, 5.74) is 0. The van der Waals surface area contributed by atoms with Crippen LogP contribution in [0, 0.1) is 0 Å². The minimum absolute atomic E-state index is 0.0759. The van der Waals surface area contributed by atoms with Crippen molar-refractivity contribution in [3.05, 3.63) is 27.1 Å². The number of ether oxygens (including phenoxy) is 1. The Labute approximate surface area is 127 Å². The van der Waals surface area contributed by atoms with Crippen LogP contribution in [0.1, 0.15) is 0 Å². The Morgan fingerprint density at radius 3 is 2.89 bits per heavy atom. The number of rotatable bonds is 3. The molecular weight excluding hydrogens is 380 g/mol. The first-order valence-electron chi connectivity index (χ1n) is 5.68. The van der Waals surface area contributed by atoms with Crippen LogP contribution in [0.25, 0.3) is 0 Å². The first-order chi connectivity index (χ1) is 9.06. The third-order valence-electron chi connectivity index (χ3n) is 2.64. The number of hydrogen-bond donors (Lipinski definition) is 1. The predicted molar refractivity (Wildman–Crippen MR) is 76.9 cm³/mol. The fourth-order valence-corrected chi connectivity index (χ4v) is 2.84. The van der Waals surface area contributed by atoms with Crippen molar-refractivity contribution in [1.82, 2.24) is 10.2 Å². The van der Waals surface area contributed by atoms with Crippen LogP contribution in [0.2, 0.25) is 0 Å². The number of nitrogens with zero attached hydrogens (tertiary/aromatic N) is 1. The molecule has 1 saturated heterocycles. The average molecular weight is 392 g/mol. The number of benzene rings is 1. The molecule has 0 saturated carbocycles. The smallest absolute Gasteiger partial charge is 0.261 e. The molecule has 19 heavy (non-hydrogen) atoms. The average Bonchev–Trinajstić information content (AvgIpc) is 2.37. The van der Waals surface area contributed by atoms with Gasteiger partial charge in [-0.1, -0.05) is 15.9 Å². The number of carbonyl (C=O) groups excluding carboxylic acids is 2. The molecule has 2 rings (SSSR count). The third-order valence-corrected chi connectivity index (χ3v) is 3.75. The lowest BCUT2D eigenvalue weighted by Gasteiger charge is -2.26. The van der Waals surface area contributed by atoms with E-state index in [1.165, 1.54) is 4.90 Å². The molecule has 102 valence electrons. The maximum absolute atomic E-state index is 11.9. The van der Waals surface area contributed by atoms with Crippen LogP contribution in [0.3, 0.4) is 0 Å². The van der Waals surface area contributed by atoms with Gasteiger partial charge in [-0.2, -0.15) is 0 Å². The van der Waals surface area contributed by atoms with Crippen molar-refractivity contribution in [3.8, 4) is 5.75 Å². The highest BCUT2D eigenvalue weighted by molar-refractivity contribution is 9.11. The fraction of sp³-hybridized carbons (Fsp3) is 0.333. The highest BCUT2D eigenvalue weighted by Gasteiger charge is 2.21. The van der Waals surface area contributed by atoms with E-state index in [9.17, 15) is 9.59 Å². The van der Waals surface area contributed by atoms with Crippen LogP contribution >= 0.6 is 31.9 Å². The van der Waals surface area contributed by atoms with Crippen molar-refractivity contribution >= 4 is 43.7 Å². The maximum Gasteiger partial charge on any atom is 0.261 e. The molecule has 1 N–H and O–H groups in total. The van der Waals surface area contributed by atoms with Crippen molar-refractivity contribution in [2.24, 2.45) is 0 Å². The predicted octanol–water partition coefficient (Wildman–Crippen LogP) is 1.55. The number of halogens is 2. The number of hydrogen-bond acceptors (Lipinski definition) is 3. The van der Waals surface area contributed by atoms with Crippen LogP contribution in [0.5, 0.6) is 5.75 Å². The lowest BCUT2D eigenvalue weighted by molar-refractivity contribution is -0.139. The van der Waals surface area contributed by atoms with Gasteiger partial charge in [0.15, 0.2) is 6.61 Å². The van der Waals surface area contributed by atoms with Gasteiger partial charge in [0.2, 0.25) is 5.91 Å². The SMILES string of the molecule is O=C1CN(C(=O)COc2ccc(Br)cc2Br)CCN1. The summed E-state index contributed by atoms with van der Waals surface area (Å²) in [7, 11) is 0. The lowest BCUT2D eigenvalue weighted by Crippen LogP contribution is -2.51. The van der Waals surface area contributed by atoms with E-state index in [4.69, 9.17) is 4.74 Å². The summed E-state index contributed by atoms with van der Waals surface area (Å²) in [4.78, 5) is 24.6. The van der Waals surface area contributed by atoms with Crippen LogP contribution in [-0.2, 0) is 9.59 Å². The van der Waals surface area contributed by atoms with Crippen molar-refractivity contribution in [3.63, 3.8) is 0 Å². The van der Waals surface area contributed by atoms with Gasteiger partial charge in [-0.15, -0.1) is 0 Å². The van der Waals surface area contributed by atoms with Gasteiger partial charge >= 0.3 is 0 Å². The first-order valence-corrected chi connectivity index (χ1v) is 7.27. The van der Waals surface area contributed by atoms with E-state index in [1.54, 1.807) is 6.07 Å². The molecule has 0 unspecified atom stereocenters. The van der Waals surface area contributed by atoms with Gasteiger partial charge in [-0.3, -0.25) is 9.59 Å². The van der Waals surface area contributed by atoms with Gasteiger partial charge in [0.1, 0.15) is 5.75 Å². The van der Waals surface area contributed by atoms with Crippen molar-refractivity contribution in [2.45, 2.75) is 0 Å². The Balaban J connectivity index is 1.91. The molecule has 1 aromatic rings. The largest absolute Gasteiger partial charge is 0.483 e. The minimum Gasteiger partial charge on any atom is -0.483 e. The van der Waals surface area contributed by atoms with Crippen molar-refractivity contribution < 1.29 is 14.3 Å². The summed E-state index contributed by atoms with van der Waals surface area (Å²) < 4.78 is 7.14. The highest BCUT2D eigenvalue weighted by Crippen LogP contribution is 2.28. The molecule has 0 atom stereocenters. The molecule has 2 amide bonds. The zero-order valence-corrected chi connectivity index (χ0v) is 13.2. The highest BCUT2D eigenvalue weighted by atomic mass is 79.9. The Hall–Kier alpha value is -1.08. The Kier molecular flexibility index (Phi) is 4.81. The van der Waals surface area contributed by atoms with E-state index in [-0.39, 0.29) is 25.0 Å². The number of nitrogens with one attached hydrogen (secondary N) is 1. The summed E-state index contributed by atoms with van der Waals surface area (Å²) in [5, 5.41) is 2.67. The van der Waals surface area contributed by atoms with E-state index in [2.05, 4.69) is 37.2 Å². The van der Waals surface area contributed by atoms with E-state index in [1.807, 2.05) is 12.1 Å². The molecular formula is C12H12Br2N2O3. The molecule has 1 fully saturated rings. The monoisotopic (exact) mass is 390 g/mol. The number of carbonyl (C=O) groups is 2. The molecule has 0 aliphatic carbocycles. The molecule has 5 nitrogen and oxygen atoms in total. The molecule has 0 spiro atoms. The van der Waals surface area contributed by atoms with Gasteiger partial charge in [0.05, 0.1) is 11.0 Å². The van der Waals surface area contributed by atoms with Crippen LogP contribution in [-0.4, -0.2) is 43.0 Å². The molecule has 1 aromatic carbocycles. The standard InChI is InChI=1S/C12H12Br2N2O3/c13-8-1-2-10(9(14)5-8)19-7-12(18)16-4-3-15-11(17)6-16/h1-2,5H,3-4,6-7H2,(H,15,17). The Morgan fingerprint density at radius 2 is 2.21 bits per heavy atom. The summed E-state index contributed by atoms with van der Waals surface area (Å²) in [6.07, 6.45) is 0. The molecule has 0 aromatic heterocycles. The first kappa shape index (κ1) is 14.3. The summed E-state index contributed by atoms with van der Waals surface area (Å²) in [6.45, 7) is 1.04. The van der Waals surface area contributed by atoms with Crippen LogP contribution < -0.4 is 10.1 Å². The summed E-state index contributed by atoms with van der Waals surface area (Å²) in [5.74, 6) is 0.270. The molecule has 0 bridgehead atoms. The normalized spacial score (nSPS) is 15.1. The fourth-order valence-electron chi connectivity index (χ4n) is 1.67. The van der Waals surface area contributed by atoms with Gasteiger partial charge in [0.25, 0.3) is 5.91 Å². The van der Waals surface area contributed by atoms with Gasteiger partial charge in [-0.05, 0) is 34.1 Å². The number of amides is 2. The van der Waals surface area contributed by atoms with Crippen molar-refractivity contribution in [1.29, 1.82) is 0 Å². The second-order valence-corrected chi connectivity index (χ2v) is 5.80. The zero-order valence-electron chi connectivity index (χ0n) is 9.99. The minimum atomic E-state index is -0.190. The van der Waals surface area contributed by atoms with Gasteiger partial charge in [0, 0.05) is 17.6 Å². The van der Waals surface area contributed by atoms with Gasteiger partial charge < -0.3 is 15.0 Å². The zero-order chi connectivity index (χ0) is 13.8. The van der Waals surface area contributed by atoms with Gasteiger partial charge in [-0.25, -0.2) is 0 Å². The molecule has 1 aliphatic rings. The lowest BCUT2D eigenvalue weighted by atomic mass is 10.3. The summed E-state index contributed by atoms with van der Waals surface area (Å²) in [6, 6.07) is 5.44. The Bertz CT molecular complexity index is 508. The molecule has 1 aliphatic heterocycles. The van der Waals surface area contributed by atoms with E-state index < -0.39 is 0 Å². The van der Waals surface area contributed by atoms with E-state index >= 15 is 0 Å². The topological polar surface area (TPSA) is 58.6 Å². The second kappa shape index (κ2) is 6.38. The number of piperazine rings is 1. The third kappa shape index (κ3) is 3.94. The van der Waals surface area contributed by atoms with Crippen molar-refractivity contribution in [2.75, 3.05) is 26.2 Å². The summed E-state index contributed by atoms with van der Waals surface area (Å²) >= 11 is 6.70. The second-order valence-electron chi connectivity index (χ2n) is 4.03.